The predicted molar refractivity (Wildman–Crippen MR) is 87.1 cm³/mol. The number of nitrogens with zero attached hydrogens (tertiary/aromatic N) is 1. The van der Waals surface area contributed by atoms with Crippen LogP contribution in [0.4, 0.5) is 0 Å². The summed E-state index contributed by atoms with van der Waals surface area (Å²) in [6.07, 6.45) is 0. The molecule has 0 aliphatic carbocycles. The van der Waals surface area contributed by atoms with Gasteiger partial charge in [0.15, 0.2) is 0 Å². The number of rotatable bonds is 1. The van der Waals surface area contributed by atoms with E-state index in [1.165, 1.54) is 11.1 Å². The minimum atomic E-state index is 0.0694. The molecule has 0 aliphatic rings. The molecule has 1 nitrogen and oxygen atoms in total. The van der Waals surface area contributed by atoms with Crippen LogP contribution in [0.3, 0.4) is 0 Å². The van der Waals surface area contributed by atoms with Gasteiger partial charge in [-0.05, 0) is 17.0 Å². The molecular formula is C19H25N. The molecule has 0 bridgehead atoms. The second kappa shape index (κ2) is 5.05. The molecule has 0 N–H and O–H groups in total. The van der Waals surface area contributed by atoms with Crippen molar-refractivity contribution in [3.05, 3.63) is 53.7 Å². The van der Waals surface area contributed by atoms with Crippen LogP contribution < -0.4 is 0 Å². The van der Waals surface area contributed by atoms with Gasteiger partial charge < -0.3 is 0 Å². The Balaban J connectivity index is 2.67. The zero-order chi connectivity index (χ0) is 15.0. The summed E-state index contributed by atoms with van der Waals surface area (Å²) < 4.78 is 0. The fourth-order valence-corrected chi connectivity index (χ4v) is 2.30. The fourth-order valence-electron chi connectivity index (χ4n) is 2.30. The van der Waals surface area contributed by atoms with Crippen LogP contribution in [-0.4, -0.2) is 4.98 Å². The maximum atomic E-state index is 4.98. The van der Waals surface area contributed by atoms with Crippen LogP contribution >= 0.6 is 0 Å². The average molecular weight is 267 g/mol. The third kappa shape index (κ3) is 3.09. The standard InChI is InChI=1S/C19H25N/c1-18(2,3)15-12-13-16(19(4,5)6)20-17(15)14-10-8-7-9-11-14/h7-13H,1-6H3. The quantitative estimate of drug-likeness (QED) is 0.679. The largest absolute Gasteiger partial charge is 0.252 e. The molecule has 0 fully saturated rings. The molecule has 1 heteroatoms. The molecule has 0 radical (unpaired) electrons. The Morgan fingerprint density at radius 2 is 1.30 bits per heavy atom. The molecular weight excluding hydrogens is 242 g/mol. The van der Waals surface area contributed by atoms with Gasteiger partial charge >= 0.3 is 0 Å². The summed E-state index contributed by atoms with van der Waals surface area (Å²) in [4.78, 5) is 4.98. The van der Waals surface area contributed by atoms with Crippen molar-refractivity contribution >= 4 is 0 Å². The average Bonchev–Trinajstić information content (AvgIpc) is 2.37. The third-order valence-corrected chi connectivity index (χ3v) is 3.52. The van der Waals surface area contributed by atoms with Crippen LogP contribution in [0.2, 0.25) is 0 Å². The Kier molecular flexibility index (Phi) is 3.73. The molecule has 2 rings (SSSR count). The van der Waals surface area contributed by atoms with E-state index in [-0.39, 0.29) is 10.8 Å². The molecule has 0 unspecified atom stereocenters. The van der Waals surface area contributed by atoms with E-state index in [9.17, 15) is 0 Å². The van der Waals surface area contributed by atoms with E-state index in [0.717, 1.165) is 11.4 Å². The number of pyridine rings is 1. The summed E-state index contributed by atoms with van der Waals surface area (Å²) in [6, 6.07) is 14.9. The van der Waals surface area contributed by atoms with Gasteiger partial charge in [0, 0.05) is 16.7 Å². The second-order valence-corrected chi connectivity index (χ2v) is 7.46. The van der Waals surface area contributed by atoms with Crippen molar-refractivity contribution in [2.75, 3.05) is 0 Å². The van der Waals surface area contributed by atoms with Gasteiger partial charge in [0.2, 0.25) is 0 Å². The highest BCUT2D eigenvalue weighted by Gasteiger charge is 2.23. The molecule has 0 aliphatic heterocycles. The second-order valence-electron chi connectivity index (χ2n) is 7.46. The van der Waals surface area contributed by atoms with E-state index in [1.54, 1.807) is 0 Å². The van der Waals surface area contributed by atoms with Gasteiger partial charge in [-0.3, -0.25) is 4.98 Å². The van der Waals surface area contributed by atoms with Gasteiger partial charge in [0.05, 0.1) is 5.69 Å². The summed E-state index contributed by atoms with van der Waals surface area (Å²) in [7, 11) is 0. The lowest BCUT2D eigenvalue weighted by Crippen LogP contribution is -2.18. The highest BCUT2D eigenvalue weighted by Crippen LogP contribution is 2.33. The molecule has 0 atom stereocenters. The van der Waals surface area contributed by atoms with Gasteiger partial charge in [0.1, 0.15) is 0 Å². The Morgan fingerprint density at radius 3 is 1.80 bits per heavy atom. The van der Waals surface area contributed by atoms with Crippen LogP contribution in [0.25, 0.3) is 11.3 Å². The first kappa shape index (κ1) is 14.8. The molecule has 1 heterocycles. The Morgan fingerprint density at radius 1 is 0.700 bits per heavy atom. The van der Waals surface area contributed by atoms with Gasteiger partial charge in [-0.25, -0.2) is 0 Å². The van der Waals surface area contributed by atoms with Crippen molar-refractivity contribution < 1.29 is 0 Å². The summed E-state index contributed by atoms with van der Waals surface area (Å²) >= 11 is 0. The van der Waals surface area contributed by atoms with Crippen molar-refractivity contribution in [3.8, 4) is 11.3 Å². The SMILES string of the molecule is CC(C)(C)c1ccc(C(C)(C)C)c(-c2ccccc2)n1. The molecule has 0 amide bonds. The van der Waals surface area contributed by atoms with E-state index in [0.29, 0.717) is 0 Å². The van der Waals surface area contributed by atoms with Gasteiger partial charge in [-0.1, -0.05) is 77.9 Å². The van der Waals surface area contributed by atoms with Crippen molar-refractivity contribution in [3.63, 3.8) is 0 Å². The van der Waals surface area contributed by atoms with E-state index >= 15 is 0 Å². The monoisotopic (exact) mass is 267 g/mol. The highest BCUT2D eigenvalue weighted by atomic mass is 14.7. The topological polar surface area (TPSA) is 12.9 Å². The minimum absolute atomic E-state index is 0.0694. The minimum Gasteiger partial charge on any atom is -0.252 e. The number of benzene rings is 1. The van der Waals surface area contributed by atoms with Gasteiger partial charge in [-0.15, -0.1) is 0 Å². The molecule has 0 saturated heterocycles. The fraction of sp³-hybridized carbons (Fsp3) is 0.421. The predicted octanol–water partition coefficient (Wildman–Crippen LogP) is 5.34. The molecule has 0 saturated carbocycles. The smallest absolute Gasteiger partial charge is 0.0742 e. The van der Waals surface area contributed by atoms with Crippen LogP contribution in [0, 0.1) is 0 Å². The zero-order valence-electron chi connectivity index (χ0n) is 13.5. The lowest BCUT2D eigenvalue weighted by molar-refractivity contribution is 0.558. The molecule has 0 spiro atoms. The normalized spacial score (nSPS) is 12.5. The van der Waals surface area contributed by atoms with Crippen LogP contribution in [0.15, 0.2) is 42.5 Å². The third-order valence-electron chi connectivity index (χ3n) is 3.52. The lowest BCUT2D eigenvalue weighted by Gasteiger charge is -2.26. The van der Waals surface area contributed by atoms with E-state index in [1.807, 2.05) is 6.07 Å². The summed E-state index contributed by atoms with van der Waals surface area (Å²) in [5.41, 5.74) is 4.92. The maximum absolute atomic E-state index is 4.98. The van der Waals surface area contributed by atoms with Gasteiger partial charge in [0.25, 0.3) is 0 Å². The Hall–Kier alpha value is -1.63. The first-order chi connectivity index (χ1) is 9.19. The zero-order valence-corrected chi connectivity index (χ0v) is 13.5. The lowest BCUT2D eigenvalue weighted by atomic mass is 9.82. The number of hydrogen-bond acceptors (Lipinski definition) is 1. The number of aromatic nitrogens is 1. The van der Waals surface area contributed by atoms with Crippen molar-refractivity contribution in [2.24, 2.45) is 0 Å². The van der Waals surface area contributed by atoms with E-state index < -0.39 is 0 Å². The summed E-state index contributed by atoms with van der Waals surface area (Å²) in [5, 5.41) is 0. The summed E-state index contributed by atoms with van der Waals surface area (Å²) in [6.45, 7) is 13.4. The molecule has 2 aromatic rings. The van der Waals surface area contributed by atoms with Crippen LogP contribution in [-0.2, 0) is 10.8 Å². The molecule has 1 aromatic carbocycles. The Labute approximate surface area is 123 Å². The van der Waals surface area contributed by atoms with Crippen molar-refractivity contribution in [1.29, 1.82) is 0 Å². The summed E-state index contributed by atoms with van der Waals surface area (Å²) in [5.74, 6) is 0. The van der Waals surface area contributed by atoms with E-state index in [4.69, 9.17) is 4.98 Å². The van der Waals surface area contributed by atoms with Crippen molar-refractivity contribution in [2.45, 2.75) is 52.4 Å². The van der Waals surface area contributed by atoms with E-state index in [2.05, 4.69) is 77.9 Å². The maximum Gasteiger partial charge on any atom is 0.0742 e. The van der Waals surface area contributed by atoms with Gasteiger partial charge in [-0.2, -0.15) is 0 Å². The number of hydrogen-bond donors (Lipinski definition) is 0. The molecule has 1 aromatic heterocycles. The molecule has 106 valence electrons. The molecule has 20 heavy (non-hydrogen) atoms. The van der Waals surface area contributed by atoms with Crippen LogP contribution in [0.5, 0.6) is 0 Å². The highest BCUT2D eigenvalue weighted by molar-refractivity contribution is 5.65. The van der Waals surface area contributed by atoms with Crippen molar-refractivity contribution in [1.82, 2.24) is 4.98 Å². The first-order valence-electron chi connectivity index (χ1n) is 7.27. The Bertz CT molecular complexity index is 583. The first-order valence-corrected chi connectivity index (χ1v) is 7.27. The van der Waals surface area contributed by atoms with Crippen LogP contribution in [0.1, 0.15) is 52.8 Å².